The highest BCUT2D eigenvalue weighted by Crippen LogP contribution is 2.35. The van der Waals surface area contributed by atoms with Crippen LogP contribution in [0, 0.1) is 0 Å². The van der Waals surface area contributed by atoms with Gasteiger partial charge in [-0.15, -0.1) is 0 Å². The molecule has 1 N–H and O–H groups in total. The highest BCUT2D eigenvalue weighted by Gasteiger charge is 2.31. The number of nitrogens with one attached hydrogen (secondary N) is 1. The largest absolute Gasteiger partial charge is 0.451 e. The van der Waals surface area contributed by atoms with E-state index in [0.717, 1.165) is 18.4 Å². The van der Waals surface area contributed by atoms with Crippen LogP contribution in [0.2, 0.25) is 10.0 Å². The maximum atomic E-state index is 12.6. The van der Waals surface area contributed by atoms with Crippen molar-refractivity contribution in [1.82, 2.24) is 9.88 Å². The molecular formula is C19H18Cl2N2O4. The van der Waals surface area contributed by atoms with E-state index in [1.54, 1.807) is 17.0 Å². The minimum absolute atomic E-state index is 0.124. The Hall–Kier alpha value is -2.31. The third-order valence-corrected chi connectivity index (χ3v) is 5.28. The van der Waals surface area contributed by atoms with E-state index >= 15 is 0 Å². The Balaban J connectivity index is 1.63. The van der Waals surface area contributed by atoms with Gasteiger partial charge in [0, 0.05) is 18.3 Å². The normalized spacial score (nSPS) is 16.4. The fourth-order valence-corrected chi connectivity index (χ4v) is 3.44. The van der Waals surface area contributed by atoms with Crippen molar-refractivity contribution < 1.29 is 19.1 Å². The summed E-state index contributed by atoms with van der Waals surface area (Å²) < 4.78 is 5.10. The Morgan fingerprint density at radius 1 is 1.22 bits per heavy atom. The Bertz CT molecular complexity index is 894. The van der Waals surface area contributed by atoms with Crippen molar-refractivity contribution in [3.63, 3.8) is 0 Å². The lowest BCUT2D eigenvalue weighted by molar-refractivity contribution is -0.135. The molecule has 27 heavy (non-hydrogen) atoms. The molecule has 2 aromatic rings. The molecule has 1 aromatic heterocycles. The number of nitrogens with zero attached hydrogens (tertiary/aromatic N) is 1. The Kier molecular flexibility index (Phi) is 5.87. The van der Waals surface area contributed by atoms with Crippen molar-refractivity contribution in [2.24, 2.45) is 0 Å². The van der Waals surface area contributed by atoms with E-state index in [2.05, 4.69) is 4.98 Å². The zero-order chi connectivity index (χ0) is 19.6. The van der Waals surface area contributed by atoms with Gasteiger partial charge in [0.05, 0.1) is 16.1 Å². The molecule has 0 spiro atoms. The van der Waals surface area contributed by atoms with Gasteiger partial charge in [0.1, 0.15) is 5.69 Å². The van der Waals surface area contributed by atoms with Crippen LogP contribution in [0.5, 0.6) is 0 Å². The van der Waals surface area contributed by atoms with Crippen LogP contribution in [-0.4, -0.2) is 40.7 Å². The highest BCUT2D eigenvalue weighted by molar-refractivity contribution is 6.42. The summed E-state index contributed by atoms with van der Waals surface area (Å²) in [6.07, 6.45) is 3.08. The highest BCUT2D eigenvalue weighted by atomic mass is 35.5. The van der Waals surface area contributed by atoms with Gasteiger partial charge in [-0.2, -0.15) is 0 Å². The number of H-pyrrole nitrogens is 1. The zero-order valence-corrected chi connectivity index (χ0v) is 16.1. The number of amides is 1. The van der Waals surface area contributed by atoms with Crippen LogP contribution >= 0.6 is 23.2 Å². The van der Waals surface area contributed by atoms with E-state index in [4.69, 9.17) is 27.9 Å². The number of ether oxygens (including phenoxy) is 1. The van der Waals surface area contributed by atoms with Crippen molar-refractivity contribution in [2.75, 3.05) is 13.2 Å². The van der Waals surface area contributed by atoms with Crippen LogP contribution in [0.3, 0.4) is 0 Å². The zero-order valence-electron chi connectivity index (χ0n) is 14.6. The van der Waals surface area contributed by atoms with Crippen LogP contribution in [0.15, 0.2) is 30.5 Å². The number of aromatic amines is 1. The van der Waals surface area contributed by atoms with E-state index in [0.29, 0.717) is 22.2 Å². The van der Waals surface area contributed by atoms with Gasteiger partial charge in [-0.05, 0) is 43.5 Å². The molecule has 3 rings (SSSR count). The van der Waals surface area contributed by atoms with E-state index in [9.17, 15) is 14.4 Å². The van der Waals surface area contributed by atoms with Crippen LogP contribution in [0.4, 0.5) is 0 Å². The number of hydrogen-bond acceptors (Lipinski definition) is 4. The number of likely N-dealkylation sites (tertiary alicyclic amines) is 1. The summed E-state index contributed by atoms with van der Waals surface area (Å²) >= 11 is 12.0. The van der Waals surface area contributed by atoms with Crippen LogP contribution < -0.4 is 0 Å². The average molecular weight is 409 g/mol. The van der Waals surface area contributed by atoms with Gasteiger partial charge in [0.25, 0.3) is 5.91 Å². The number of benzene rings is 1. The Morgan fingerprint density at radius 2 is 2.00 bits per heavy atom. The number of hydrogen-bond donors (Lipinski definition) is 1. The summed E-state index contributed by atoms with van der Waals surface area (Å²) in [5, 5.41) is 0.897. The summed E-state index contributed by atoms with van der Waals surface area (Å²) in [4.78, 5) is 40.3. The SMILES string of the molecule is CC(=O)c1c[nH]c(C(=O)OCC(=O)N2CCC[C@@H]2c2ccc(Cl)c(Cl)c2)c1. The molecule has 0 saturated carbocycles. The second-order valence-corrected chi connectivity index (χ2v) is 7.17. The van der Waals surface area contributed by atoms with Gasteiger partial charge in [-0.3, -0.25) is 9.59 Å². The molecular weight excluding hydrogens is 391 g/mol. The number of Topliss-reactive ketones (excluding diaryl/α,β-unsaturated/α-hetero) is 1. The number of aromatic nitrogens is 1. The van der Waals surface area contributed by atoms with Gasteiger partial charge in [-0.25, -0.2) is 4.79 Å². The molecule has 0 aliphatic carbocycles. The second kappa shape index (κ2) is 8.15. The molecule has 0 radical (unpaired) electrons. The second-order valence-electron chi connectivity index (χ2n) is 6.35. The van der Waals surface area contributed by atoms with Crippen molar-refractivity contribution >= 4 is 40.9 Å². The van der Waals surface area contributed by atoms with Crippen LogP contribution in [0.25, 0.3) is 0 Å². The standard InChI is InChI=1S/C19H18Cl2N2O4/c1-11(24)13-8-16(22-9-13)19(26)27-10-18(25)23-6-2-3-17(23)12-4-5-14(20)15(21)7-12/h4-5,7-9,17,22H,2-3,6,10H2,1H3/t17-/m1/s1. The molecule has 142 valence electrons. The van der Waals surface area contributed by atoms with E-state index in [1.807, 2.05) is 6.07 Å². The molecule has 1 aliphatic heterocycles. The Morgan fingerprint density at radius 3 is 2.67 bits per heavy atom. The van der Waals surface area contributed by atoms with E-state index in [1.165, 1.54) is 19.2 Å². The topological polar surface area (TPSA) is 79.5 Å². The third-order valence-electron chi connectivity index (χ3n) is 4.54. The molecule has 1 fully saturated rings. The number of rotatable bonds is 5. The average Bonchev–Trinajstić information content (AvgIpc) is 3.31. The number of carbonyl (C=O) groups is 3. The fourth-order valence-electron chi connectivity index (χ4n) is 3.13. The Labute approximate surface area is 166 Å². The first-order chi connectivity index (χ1) is 12.9. The van der Waals surface area contributed by atoms with Gasteiger partial charge >= 0.3 is 5.97 Å². The lowest BCUT2D eigenvalue weighted by atomic mass is 10.0. The summed E-state index contributed by atoms with van der Waals surface area (Å²) in [5.74, 6) is -1.13. The van der Waals surface area contributed by atoms with Gasteiger partial charge in [0.2, 0.25) is 0 Å². The van der Waals surface area contributed by atoms with Crippen molar-refractivity contribution in [3.8, 4) is 0 Å². The quantitative estimate of drug-likeness (QED) is 0.597. The molecule has 1 atom stereocenters. The molecule has 6 nitrogen and oxygen atoms in total. The summed E-state index contributed by atoms with van der Waals surface area (Å²) in [5.41, 5.74) is 1.42. The molecule has 0 unspecified atom stereocenters. The monoisotopic (exact) mass is 408 g/mol. The lowest BCUT2D eigenvalue weighted by Crippen LogP contribution is -2.34. The predicted molar refractivity (Wildman–Crippen MR) is 101 cm³/mol. The molecule has 1 aliphatic rings. The number of carbonyl (C=O) groups excluding carboxylic acids is 3. The predicted octanol–water partition coefficient (Wildman–Crippen LogP) is 4.04. The first-order valence-electron chi connectivity index (χ1n) is 8.47. The minimum Gasteiger partial charge on any atom is -0.451 e. The molecule has 8 heteroatoms. The maximum Gasteiger partial charge on any atom is 0.355 e. The van der Waals surface area contributed by atoms with Crippen LogP contribution in [0.1, 0.15) is 52.2 Å². The molecule has 1 amide bonds. The first kappa shape index (κ1) is 19.5. The van der Waals surface area contributed by atoms with Crippen molar-refractivity contribution in [1.29, 1.82) is 0 Å². The molecule has 1 aromatic carbocycles. The summed E-state index contributed by atoms with van der Waals surface area (Å²) in [6.45, 7) is 1.61. The number of esters is 1. The summed E-state index contributed by atoms with van der Waals surface area (Å²) in [7, 11) is 0. The molecule has 0 bridgehead atoms. The minimum atomic E-state index is -0.680. The lowest BCUT2D eigenvalue weighted by Gasteiger charge is -2.25. The summed E-state index contributed by atoms with van der Waals surface area (Å²) in [6, 6.07) is 6.59. The van der Waals surface area contributed by atoms with Gasteiger partial charge in [-0.1, -0.05) is 29.3 Å². The third kappa shape index (κ3) is 4.34. The smallest absolute Gasteiger partial charge is 0.355 e. The number of halogens is 2. The van der Waals surface area contributed by atoms with Crippen molar-refractivity contribution in [3.05, 3.63) is 57.3 Å². The van der Waals surface area contributed by atoms with E-state index < -0.39 is 5.97 Å². The van der Waals surface area contributed by atoms with Crippen molar-refractivity contribution in [2.45, 2.75) is 25.8 Å². The van der Waals surface area contributed by atoms with Crippen LogP contribution in [-0.2, 0) is 9.53 Å². The molecule has 1 saturated heterocycles. The maximum absolute atomic E-state index is 12.6. The van der Waals surface area contributed by atoms with Gasteiger partial charge < -0.3 is 14.6 Å². The molecule has 2 heterocycles. The number of ketones is 1. The van der Waals surface area contributed by atoms with E-state index in [-0.39, 0.29) is 30.0 Å². The van der Waals surface area contributed by atoms with Gasteiger partial charge in [0.15, 0.2) is 12.4 Å². The fraction of sp³-hybridized carbons (Fsp3) is 0.316. The first-order valence-corrected chi connectivity index (χ1v) is 9.23.